The molecular weight excluding hydrogens is 306 g/mol. The van der Waals surface area contributed by atoms with E-state index >= 15 is 0 Å². The van der Waals surface area contributed by atoms with Crippen LogP contribution in [0.15, 0.2) is 22.7 Å². The summed E-state index contributed by atoms with van der Waals surface area (Å²) in [5, 5.41) is 3.48. The van der Waals surface area contributed by atoms with Crippen LogP contribution in [0, 0.1) is 5.92 Å². The molecule has 0 amide bonds. The molecule has 0 aliphatic heterocycles. The smallest absolute Gasteiger partial charge is 0.133 e. The van der Waals surface area contributed by atoms with E-state index in [0.29, 0.717) is 11.7 Å². The van der Waals surface area contributed by atoms with Crippen molar-refractivity contribution in [1.82, 2.24) is 5.32 Å². The Balaban J connectivity index is 1.76. The van der Waals surface area contributed by atoms with Crippen molar-refractivity contribution >= 4 is 21.7 Å². The van der Waals surface area contributed by atoms with Crippen LogP contribution in [0.1, 0.15) is 31.2 Å². The van der Waals surface area contributed by atoms with Gasteiger partial charge in [-0.1, -0.05) is 6.07 Å². The van der Waals surface area contributed by atoms with Crippen LogP contribution in [0.25, 0.3) is 0 Å². The second-order valence-electron chi connectivity index (χ2n) is 5.08. The highest BCUT2D eigenvalue weighted by Crippen LogP contribution is 2.25. The molecule has 1 aromatic rings. The summed E-state index contributed by atoms with van der Waals surface area (Å²) in [6, 6.07) is 6.12. The molecule has 1 aromatic carbocycles. The number of ether oxygens (including phenoxy) is 1. The molecule has 0 heterocycles. The van der Waals surface area contributed by atoms with Crippen molar-refractivity contribution < 1.29 is 9.53 Å². The van der Waals surface area contributed by atoms with Crippen molar-refractivity contribution in [2.24, 2.45) is 5.92 Å². The second-order valence-corrected chi connectivity index (χ2v) is 5.94. The van der Waals surface area contributed by atoms with Crippen LogP contribution in [0.5, 0.6) is 5.75 Å². The highest BCUT2D eigenvalue weighted by molar-refractivity contribution is 9.10. The number of nitrogens with one attached hydrogen (secondary N) is 1. The Hall–Kier alpha value is -0.870. The molecule has 0 saturated heterocycles. The van der Waals surface area contributed by atoms with Crippen molar-refractivity contribution in [3.05, 3.63) is 28.2 Å². The zero-order chi connectivity index (χ0) is 13.7. The third-order valence-corrected chi connectivity index (χ3v) is 4.26. The molecule has 104 valence electrons. The molecular formula is C15H20BrNO2. The van der Waals surface area contributed by atoms with Crippen molar-refractivity contribution in [3.63, 3.8) is 0 Å². The van der Waals surface area contributed by atoms with Gasteiger partial charge < -0.3 is 10.1 Å². The first-order chi connectivity index (χ1) is 9.19. The maximum absolute atomic E-state index is 11.2. The average Bonchev–Trinajstić information content (AvgIpc) is 2.41. The monoisotopic (exact) mass is 325 g/mol. The molecule has 19 heavy (non-hydrogen) atoms. The molecule has 1 aliphatic rings. The van der Waals surface area contributed by atoms with Crippen LogP contribution in [0.3, 0.4) is 0 Å². The molecule has 3 nitrogen and oxygen atoms in total. The van der Waals surface area contributed by atoms with Crippen LogP contribution >= 0.6 is 15.9 Å². The van der Waals surface area contributed by atoms with Crippen LogP contribution < -0.4 is 10.1 Å². The van der Waals surface area contributed by atoms with Gasteiger partial charge in [-0.3, -0.25) is 4.79 Å². The van der Waals surface area contributed by atoms with Gasteiger partial charge in [-0.05, 0) is 58.9 Å². The van der Waals surface area contributed by atoms with E-state index in [1.165, 1.54) is 5.56 Å². The SMILES string of the molecule is COc1ccc(CNCC2CCC(=O)CC2)cc1Br. The summed E-state index contributed by atoms with van der Waals surface area (Å²) >= 11 is 3.49. The highest BCUT2D eigenvalue weighted by Gasteiger charge is 2.17. The summed E-state index contributed by atoms with van der Waals surface area (Å²) in [6.07, 6.45) is 3.61. The molecule has 0 aromatic heterocycles. The van der Waals surface area contributed by atoms with Gasteiger partial charge in [0.15, 0.2) is 0 Å². The van der Waals surface area contributed by atoms with Gasteiger partial charge in [0.2, 0.25) is 0 Å². The van der Waals surface area contributed by atoms with E-state index in [4.69, 9.17) is 4.74 Å². The molecule has 0 radical (unpaired) electrons. The van der Waals surface area contributed by atoms with E-state index in [9.17, 15) is 4.79 Å². The van der Waals surface area contributed by atoms with Crippen molar-refractivity contribution in [2.75, 3.05) is 13.7 Å². The Labute approximate surface area is 122 Å². The topological polar surface area (TPSA) is 38.3 Å². The molecule has 1 N–H and O–H groups in total. The minimum absolute atomic E-state index is 0.426. The van der Waals surface area contributed by atoms with Gasteiger partial charge in [-0.2, -0.15) is 0 Å². The first-order valence-electron chi connectivity index (χ1n) is 6.74. The van der Waals surface area contributed by atoms with Gasteiger partial charge in [0.05, 0.1) is 11.6 Å². The zero-order valence-electron chi connectivity index (χ0n) is 11.2. The lowest BCUT2D eigenvalue weighted by Gasteiger charge is -2.21. The van der Waals surface area contributed by atoms with Gasteiger partial charge in [0.1, 0.15) is 11.5 Å². The molecule has 0 atom stereocenters. The van der Waals surface area contributed by atoms with E-state index in [1.54, 1.807) is 7.11 Å². The minimum Gasteiger partial charge on any atom is -0.496 e. The molecule has 0 bridgehead atoms. The van der Waals surface area contributed by atoms with Gasteiger partial charge in [-0.15, -0.1) is 0 Å². The summed E-state index contributed by atoms with van der Waals surface area (Å²) < 4.78 is 6.19. The Bertz CT molecular complexity index is 438. The summed E-state index contributed by atoms with van der Waals surface area (Å²) in [4.78, 5) is 11.2. The van der Waals surface area contributed by atoms with Crippen molar-refractivity contribution in [3.8, 4) is 5.75 Å². The summed E-state index contributed by atoms with van der Waals surface area (Å²) in [5.41, 5.74) is 1.24. The molecule has 0 unspecified atom stereocenters. The fourth-order valence-corrected chi connectivity index (χ4v) is 3.03. The standard InChI is InChI=1S/C15H20BrNO2/c1-19-15-7-4-12(8-14(15)16)10-17-9-11-2-5-13(18)6-3-11/h4,7-8,11,17H,2-3,5-6,9-10H2,1H3. The number of halogens is 1. The number of hydrogen-bond donors (Lipinski definition) is 1. The Kier molecular flexibility index (Phi) is 5.40. The van der Waals surface area contributed by atoms with E-state index < -0.39 is 0 Å². The number of benzene rings is 1. The lowest BCUT2D eigenvalue weighted by Crippen LogP contribution is -2.26. The normalized spacial score (nSPS) is 16.6. The Morgan fingerprint density at radius 3 is 2.74 bits per heavy atom. The number of Topliss-reactive ketones (excluding diaryl/α,β-unsaturated/α-hetero) is 1. The van der Waals surface area contributed by atoms with Crippen molar-refractivity contribution in [2.45, 2.75) is 32.2 Å². The summed E-state index contributed by atoms with van der Waals surface area (Å²) in [5.74, 6) is 1.93. The maximum atomic E-state index is 11.2. The van der Waals surface area contributed by atoms with Gasteiger partial charge in [0, 0.05) is 19.4 Å². The largest absolute Gasteiger partial charge is 0.496 e. The molecule has 1 aliphatic carbocycles. The van der Waals surface area contributed by atoms with E-state index in [1.807, 2.05) is 6.07 Å². The third kappa shape index (κ3) is 4.32. The molecule has 1 fully saturated rings. The zero-order valence-corrected chi connectivity index (χ0v) is 12.8. The summed E-state index contributed by atoms with van der Waals surface area (Å²) in [6.45, 7) is 1.85. The van der Waals surface area contributed by atoms with E-state index in [2.05, 4.69) is 33.4 Å². The lowest BCUT2D eigenvalue weighted by molar-refractivity contribution is -0.120. The van der Waals surface area contributed by atoms with Crippen LogP contribution in [0.2, 0.25) is 0 Å². The number of rotatable bonds is 5. The Morgan fingerprint density at radius 1 is 1.37 bits per heavy atom. The number of methoxy groups -OCH3 is 1. The van der Waals surface area contributed by atoms with Gasteiger partial charge in [0.25, 0.3) is 0 Å². The number of ketones is 1. The quantitative estimate of drug-likeness (QED) is 0.902. The predicted molar refractivity (Wildman–Crippen MR) is 79.4 cm³/mol. The first kappa shape index (κ1) is 14.5. The fourth-order valence-electron chi connectivity index (χ4n) is 2.44. The average molecular weight is 326 g/mol. The number of hydrogen-bond acceptors (Lipinski definition) is 3. The third-order valence-electron chi connectivity index (χ3n) is 3.64. The van der Waals surface area contributed by atoms with Crippen LogP contribution in [-0.4, -0.2) is 19.4 Å². The van der Waals surface area contributed by atoms with E-state index in [0.717, 1.165) is 49.0 Å². The predicted octanol–water partition coefficient (Wildman–Crippen LogP) is 3.31. The summed E-state index contributed by atoms with van der Waals surface area (Å²) in [7, 11) is 1.67. The van der Waals surface area contributed by atoms with E-state index in [-0.39, 0.29) is 0 Å². The lowest BCUT2D eigenvalue weighted by atomic mass is 9.88. The first-order valence-corrected chi connectivity index (χ1v) is 7.53. The highest BCUT2D eigenvalue weighted by atomic mass is 79.9. The van der Waals surface area contributed by atoms with Crippen LogP contribution in [-0.2, 0) is 11.3 Å². The van der Waals surface area contributed by atoms with Gasteiger partial charge >= 0.3 is 0 Å². The minimum atomic E-state index is 0.426. The number of carbonyl (C=O) groups is 1. The second kappa shape index (κ2) is 7.06. The fraction of sp³-hybridized carbons (Fsp3) is 0.533. The molecule has 4 heteroatoms. The van der Waals surface area contributed by atoms with Gasteiger partial charge in [-0.25, -0.2) is 0 Å². The number of carbonyl (C=O) groups excluding carboxylic acids is 1. The maximum Gasteiger partial charge on any atom is 0.133 e. The molecule has 0 spiro atoms. The van der Waals surface area contributed by atoms with Crippen LogP contribution in [0.4, 0.5) is 0 Å². The Morgan fingerprint density at radius 2 is 2.11 bits per heavy atom. The molecule has 2 rings (SSSR count). The molecule has 1 saturated carbocycles. The van der Waals surface area contributed by atoms with Crippen molar-refractivity contribution in [1.29, 1.82) is 0 Å².